The molecule has 2 N–H and O–H groups in total. The van der Waals surface area contributed by atoms with E-state index in [1.54, 1.807) is 13.0 Å². The van der Waals surface area contributed by atoms with Gasteiger partial charge >= 0.3 is 0 Å². The van der Waals surface area contributed by atoms with Crippen LogP contribution in [0.3, 0.4) is 0 Å². The summed E-state index contributed by atoms with van der Waals surface area (Å²) in [4.78, 5) is 27.6. The monoisotopic (exact) mass is 325 g/mol. The number of anilines is 1. The van der Waals surface area contributed by atoms with E-state index in [9.17, 15) is 19.8 Å². The summed E-state index contributed by atoms with van der Waals surface area (Å²) in [5, 5.41) is 20.6. The third-order valence-corrected chi connectivity index (χ3v) is 4.62. The van der Waals surface area contributed by atoms with Gasteiger partial charge in [-0.15, -0.1) is 0 Å². The Morgan fingerprint density at radius 2 is 1.62 bits per heavy atom. The van der Waals surface area contributed by atoms with Crippen molar-refractivity contribution < 1.29 is 19.8 Å². The summed E-state index contributed by atoms with van der Waals surface area (Å²) >= 11 is 0. The van der Waals surface area contributed by atoms with E-state index < -0.39 is 5.78 Å². The Morgan fingerprint density at radius 3 is 2.25 bits per heavy atom. The van der Waals surface area contributed by atoms with Crippen molar-refractivity contribution >= 4 is 17.3 Å². The summed E-state index contributed by atoms with van der Waals surface area (Å²) in [5.41, 5.74) is 1.57. The van der Waals surface area contributed by atoms with Crippen molar-refractivity contribution in [2.24, 2.45) is 0 Å². The molecule has 0 aliphatic heterocycles. The number of carbonyl (C=O) groups excluding carboxylic acids is 2. The van der Waals surface area contributed by atoms with Crippen molar-refractivity contribution in [1.82, 2.24) is 0 Å². The normalized spacial score (nSPS) is 12.8. The average molecular weight is 325 g/mol. The number of hydrogen-bond acceptors (Lipinski definition) is 5. The highest BCUT2D eigenvalue weighted by atomic mass is 16.3. The topological polar surface area (TPSA) is 77.8 Å². The van der Waals surface area contributed by atoms with Gasteiger partial charge in [0.1, 0.15) is 11.5 Å². The fourth-order valence-electron chi connectivity index (χ4n) is 3.29. The molecule has 1 aliphatic rings. The molecule has 0 saturated carbocycles. The summed E-state index contributed by atoms with van der Waals surface area (Å²) in [6.45, 7) is 7.13. The number of rotatable bonds is 3. The van der Waals surface area contributed by atoms with Gasteiger partial charge in [-0.1, -0.05) is 12.1 Å². The molecule has 24 heavy (non-hydrogen) atoms. The lowest BCUT2D eigenvalue weighted by Crippen LogP contribution is -2.26. The zero-order valence-corrected chi connectivity index (χ0v) is 13.9. The Balaban J connectivity index is 2.31. The molecule has 124 valence electrons. The van der Waals surface area contributed by atoms with E-state index in [1.807, 2.05) is 18.7 Å². The van der Waals surface area contributed by atoms with Crippen molar-refractivity contribution in [3.05, 3.63) is 52.1 Å². The largest absolute Gasteiger partial charge is 0.507 e. The fourth-order valence-corrected chi connectivity index (χ4v) is 3.29. The van der Waals surface area contributed by atoms with Crippen molar-refractivity contribution in [1.29, 1.82) is 0 Å². The minimum Gasteiger partial charge on any atom is -0.507 e. The second kappa shape index (κ2) is 5.67. The summed E-state index contributed by atoms with van der Waals surface area (Å²) in [5.74, 6) is -1.33. The zero-order chi connectivity index (χ0) is 17.6. The highest BCUT2D eigenvalue weighted by molar-refractivity contribution is 6.30. The van der Waals surface area contributed by atoms with Crippen LogP contribution in [0, 0.1) is 6.92 Å². The Labute approximate surface area is 140 Å². The third kappa shape index (κ3) is 2.08. The molecule has 0 atom stereocenters. The molecular formula is C19H19NO4. The van der Waals surface area contributed by atoms with Crippen LogP contribution in [-0.2, 0) is 0 Å². The molecule has 0 unspecified atom stereocenters. The number of phenols is 2. The predicted octanol–water partition coefficient (Wildman–Crippen LogP) is 3.03. The SMILES string of the molecule is CCN(CC)c1cc2c(c(O)c1C)C(=O)c1c(O)cccc1C2=O. The molecule has 0 fully saturated rings. The Hall–Kier alpha value is -2.82. The summed E-state index contributed by atoms with van der Waals surface area (Å²) in [6.07, 6.45) is 0. The molecule has 0 heterocycles. The molecule has 1 aliphatic carbocycles. The van der Waals surface area contributed by atoms with Gasteiger partial charge in [-0.05, 0) is 32.9 Å². The van der Waals surface area contributed by atoms with Gasteiger partial charge < -0.3 is 15.1 Å². The maximum atomic E-state index is 12.8. The van der Waals surface area contributed by atoms with Gasteiger partial charge in [0.2, 0.25) is 5.78 Å². The lowest BCUT2D eigenvalue weighted by molar-refractivity contribution is 0.0974. The first kappa shape index (κ1) is 16.1. The summed E-state index contributed by atoms with van der Waals surface area (Å²) in [6, 6.07) is 6.09. The van der Waals surface area contributed by atoms with Crippen molar-refractivity contribution in [2.45, 2.75) is 20.8 Å². The number of carbonyl (C=O) groups is 2. The van der Waals surface area contributed by atoms with Crippen LogP contribution in [0.1, 0.15) is 51.3 Å². The zero-order valence-electron chi connectivity index (χ0n) is 13.9. The predicted molar refractivity (Wildman–Crippen MR) is 91.4 cm³/mol. The number of aromatic hydroxyl groups is 2. The summed E-state index contributed by atoms with van der Waals surface area (Å²) in [7, 11) is 0. The molecule has 2 aromatic carbocycles. The molecule has 3 rings (SSSR count). The number of benzene rings is 2. The van der Waals surface area contributed by atoms with Gasteiger partial charge in [-0.2, -0.15) is 0 Å². The maximum Gasteiger partial charge on any atom is 0.201 e. The van der Waals surface area contributed by atoms with Crippen molar-refractivity contribution in [2.75, 3.05) is 18.0 Å². The van der Waals surface area contributed by atoms with E-state index in [1.165, 1.54) is 18.2 Å². The quantitative estimate of drug-likeness (QED) is 0.774. The van der Waals surface area contributed by atoms with E-state index >= 15 is 0 Å². The Bertz CT molecular complexity index is 866. The van der Waals surface area contributed by atoms with E-state index in [0.717, 1.165) is 18.8 Å². The third-order valence-electron chi connectivity index (χ3n) is 4.62. The molecule has 0 amide bonds. The Kier molecular flexibility index (Phi) is 3.79. The van der Waals surface area contributed by atoms with Crippen molar-refractivity contribution in [3.63, 3.8) is 0 Å². The minimum atomic E-state index is -0.524. The molecule has 5 nitrogen and oxygen atoms in total. The average Bonchev–Trinajstić information content (AvgIpc) is 2.57. The standard InChI is InChI=1S/C19H19NO4/c1-4-20(5-2)13-9-12-16(17(22)10(13)3)19(24)15-11(18(12)23)7-6-8-14(15)21/h6-9,21-22H,4-5H2,1-3H3. The smallest absolute Gasteiger partial charge is 0.201 e. The number of ketones is 2. The number of nitrogens with zero attached hydrogens (tertiary/aromatic N) is 1. The highest BCUT2D eigenvalue weighted by Crippen LogP contribution is 2.41. The highest BCUT2D eigenvalue weighted by Gasteiger charge is 2.35. The van der Waals surface area contributed by atoms with E-state index in [-0.39, 0.29) is 39.5 Å². The first-order chi connectivity index (χ1) is 11.4. The van der Waals surface area contributed by atoms with Crippen LogP contribution >= 0.6 is 0 Å². The lowest BCUT2D eigenvalue weighted by atomic mass is 9.81. The van der Waals surface area contributed by atoms with E-state index in [4.69, 9.17) is 0 Å². The minimum absolute atomic E-state index is 0.0255. The molecule has 2 aromatic rings. The Morgan fingerprint density at radius 1 is 0.958 bits per heavy atom. The first-order valence-corrected chi connectivity index (χ1v) is 7.95. The number of hydrogen-bond donors (Lipinski definition) is 2. The van der Waals surface area contributed by atoms with Gasteiger partial charge in [0.15, 0.2) is 5.78 Å². The molecular weight excluding hydrogens is 306 g/mol. The van der Waals surface area contributed by atoms with Gasteiger partial charge in [0.05, 0.1) is 11.1 Å². The van der Waals surface area contributed by atoms with Gasteiger partial charge in [-0.25, -0.2) is 0 Å². The maximum absolute atomic E-state index is 12.8. The summed E-state index contributed by atoms with van der Waals surface area (Å²) < 4.78 is 0. The number of fused-ring (bicyclic) bond motifs is 2. The van der Waals surface area contributed by atoms with Crippen LogP contribution in [0.5, 0.6) is 11.5 Å². The molecule has 0 saturated heterocycles. The van der Waals surface area contributed by atoms with Crippen LogP contribution in [-0.4, -0.2) is 34.9 Å². The van der Waals surface area contributed by atoms with Gasteiger partial charge in [0.25, 0.3) is 0 Å². The molecule has 5 heteroatoms. The first-order valence-electron chi connectivity index (χ1n) is 7.95. The fraction of sp³-hybridized carbons (Fsp3) is 0.263. The molecule has 0 spiro atoms. The molecule has 0 aromatic heterocycles. The van der Waals surface area contributed by atoms with Crippen LogP contribution in [0.4, 0.5) is 5.69 Å². The molecule has 0 radical (unpaired) electrons. The molecule has 0 bridgehead atoms. The van der Waals surface area contributed by atoms with Crippen LogP contribution in [0.25, 0.3) is 0 Å². The second-order valence-electron chi connectivity index (χ2n) is 5.82. The lowest BCUT2D eigenvalue weighted by Gasteiger charge is -2.27. The second-order valence-corrected chi connectivity index (χ2v) is 5.82. The van der Waals surface area contributed by atoms with E-state index in [0.29, 0.717) is 5.56 Å². The van der Waals surface area contributed by atoms with E-state index in [2.05, 4.69) is 0 Å². The van der Waals surface area contributed by atoms with Crippen LogP contribution in [0.15, 0.2) is 24.3 Å². The van der Waals surface area contributed by atoms with Gasteiger partial charge in [-0.3, -0.25) is 9.59 Å². The van der Waals surface area contributed by atoms with Crippen LogP contribution in [0.2, 0.25) is 0 Å². The van der Waals surface area contributed by atoms with Gasteiger partial charge in [0, 0.05) is 35.5 Å². The number of phenolic OH excluding ortho intramolecular Hbond substituents is 2. The van der Waals surface area contributed by atoms with Crippen LogP contribution < -0.4 is 4.90 Å². The van der Waals surface area contributed by atoms with Crippen molar-refractivity contribution in [3.8, 4) is 11.5 Å².